The zero-order valence-electron chi connectivity index (χ0n) is 9.93. The van der Waals surface area contributed by atoms with Gasteiger partial charge in [0, 0.05) is 30.7 Å². The van der Waals surface area contributed by atoms with Gasteiger partial charge in [0.15, 0.2) is 6.61 Å². The van der Waals surface area contributed by atoms with E-state index in [4.69, 9.17) is 22.7 Å². The standard InChI is InChI=1S/C11H14BrN3O2S/c1-15(3-2-10(13)18)11(16)7-17-9-4-8(12)5-14-6-9/h4-6H,2-3,7H2,1H3,(H2,13,18). The monoisotopic (exact) mass is 331 g/mol. The number of halogens is 1. The van der Waals surface area contributed by atoms with E-state index in [1.54, 1.807) is 25.5 Å². The van der Waals surface area contributed by atoms with Crippen molar-refractivity contribution in [1.29, 1.82) is 0 Å². The molecule has 0 aromatic carbocycles. The first-order chi connectivity index (χ1) is 8.49. The van der Waals surface area contributed by atoms with Gasteiger partial charge in [-0.3, -0.25) is 9.78 Å². The number of carbonyl (C=O) groups excluding carboxylic acids is 1. The van der Waals surface area contributed by atoms with Crippen LogP contribution < -0.4 is 10.5 Å². The highest BCUT2D eigenvalue weighted by atomic mass is 79.9. The van der Waals surface area contributed by atoms with Crippen molar-refractivity contribution in [3.8, 4) is 5.75 Å². The maximum atomic E-state index is 11.7. The topological polar surface area (TPSA) is 68.5 Å². The summed E-state index contributed by atoms with van der Waals surface area (Å²) in [5, 5.41) is 0. The molecule has 0 bridgehead atoms. The number of hydrogen-bond donors (Lipinski definition) is 1. The lowest BCUT2D eigenvalue weighted by Gasteiger charge is -2.16. The average Bonchev–Trinajstić information content (AvgIpc) is 2.33. The third kappa shape index (κ3) is 5.42. The van der Waals surface area contributed by atoms with Crippen LogP contribution in [0.4, 0.5) is 0 Å². The van der Waals surface area contributed by atoms with Crippen LogP contribution in [0, 0.1) is 0 Å². The van der Waals surface area contributed by atoms with Gasteiger partial charge in [-0.05, 0) is 22.0 Å². The summed E-state index contributed by atoms with van der Waals surface area (Å²) in [5.41, 5.74) is 5.37. The number of nitrogens with two attached hydrogens (primary N) is 1. The van der Waals surface area contributed by atoms with Crippen LogP contribution in [0.3, 0.4) is 0 Å². The summed E-state index contributed by atoms with van der Waals surface area (Å²) < 4.78 is 6.13. The summed E-state index contributed by atoms with van der Waals surface area (Å²) in [7, 11) is 1.68. The van der Waals surface area contributed by atoms with Crippen molar-refractivity contribution in [3.63, 3.8) is 0 Å². The van der Waals surface area contributed by atoms with Crippen LogP contribution in [0.15, 0.2) is 22.9 Å². The Morgan fingerprint density at radius 2 is 2.33 bits per heavy atom. The second-order valence-electron chi connectivity index (χ2n) is 3.66. The van der Waals surface area contributed by atoms with Crippen LogP contribution >= 0.6 is 28.1 Å². The quantitative estimate of drug-likeness (QED) is 0.797. The Labute approximate surface area is 119 Å². The molecule has 1 aromatic heterocycles. The number of likely N-dealkylation sites (N-methyl/N-ethyl adjacent to an activating group) is 1. The molecule has 18 heavy (non-hydrogen) atoms. The van der Waals surface area contributed by atoms with Crippen LogP contribution in [0.2, 0.25) is 0 Å². The predicted molar refractivity (Wildman–Crippen MR) is 76.5 cm³/mol. The van der Waals surface area contributed by atoms with Crippen molar-refractivity contribution in [2.45, 2.75) is 6.42 Å². The third-order valence-corrected chi connectivity index (χ3v) is 2.80. The molecule has 7 heteroatoms. The Bertz CT molecular complexity index is 442. The van der Waals surface area contributed by atoms with Crippen molar-refractivity contribution in [1.82, 2.24) is 9.88 Å². The lowest BCUT2D eigenvalue weighted by molar-refractivity contribution is -0.131. The van der Waals surface area contributed by atoms with Crippen LogP contribution in [0.1, 0.15) is 6.42 Å². The lowest BCUT2D eigenvalue weighted by Crippen LogP contribution is -2.33. The fraction of sp³-hybridized carbons (Fsp3) is 0.364. The molecular formula is C11H14BrN3O2S. The summed E-state index contributed by atoms with van der Waals surface area (Å²) in [6.45, 7) is 0.459. The van der Waals surface area contributed by atoms with E-state index in [1.807, 2.05) is 0 Å². The van der Waals surface area contributed by atoms with E-state index in [9.17, 15) is 4.79 Å². The van der Waals surface area contributed by atoms with Crippen LogP contribution in [-0.4, -0.2) is 41.0 Å². The molecule has 0 saturated carbocycles. The van der Waals surface area contributed by atoms with Crippen LogP contribution in [0.25, 0.3) is 0 Å². The van der Waals surface area contributed by atoms with Crippen molar-refractivity contribution in [2.24, 2.45) is 5.73 Å². The molecular weight excluding hydrogens is 318 g/mol. The van der Waals surface area contributed by atoms with Gasteiger partial charge in [0.05, 0.1) is 11.2 Å². The highest BCUT2D eigenvalue weighted by Gasteiger charge is 2.09. The van der Waals surface area contributed by atoms with Gasteiger partial charge in [-0.15, -0.1) is 0 Å². The van der Waals surface area contributed by atoms with Gasteiger partial charge < -0.3 is 15.4 Å². The molecule has 2 N–H and O–H groups in total. The van der Waals surface area contributed by atoms with Crippen molar-refractivity contribution in [3.05, 3.63) is 22.9 Å². The number of aromatic nitrogens is 1. The van der Waals surface area contributed by atoms with Gasteiger partial charge in [0.2, 0.25) is 0 Å². The largest absolute Gasteiger partial charge is 0.482 e. The first-order valence-corrected chi connectivity index (χ1v) is 6.45. The first-order valence-electron chi connectivity index (χ1n) is 5.24. The minimum atomic E-state index is -0.133. The summed E-state index contributed by atoms with van der Waals surface area (Å²) in [6, 6.07) is 1.75. The molecule has 0 aliphatic carbocycles. The van der Waals surface area contributed by atoms with Crippen LogP contribution in [-0.2, 0) is 4.79 Å². The fourth-order valence-electron chi connectivity index (χ4n) is 1.13. The highest BCUT2D eigenvalue weighted by molar-refractivity contribution is 9.10. The smallest absolute Gasteiger partial charge is 0.260 e. The molecule has 0 saturated heterocycles. The molecule has 0 fully saturated rings. The number of pyridine rings is 1. The Balaban J connectivity index is 2.38. The van der Waals surface area contributed by atoms with Gasteiger partial charge in [-0.2, -0.15) is 0 Å². The molecule has 1 heterocycles. The van der Waals surface area contributed by atoms with E-state index in [-0.39, 0.29) is 12.5 Å². The molecule has 0 unspecified atom stereocenters. The minimum absolute atomic E-state index is 0.0357. The van der Waals surface area contributed by atoms with Gasteiger partial charge in [-0.1, -0.05) is 12.2 Å². The van der Waals surface area contributed by atoms with Crippen molar-refractivity contribution in [2.75, 3.05) is 20.2 Å². The van der Waals surface area contributed by atoms with Crippen molar-refractivity contribution < 1.29 is 9.53 Å². The Hall–Kier alpha value is -1.21. The molecule has 0 radical (unpaired) electrons. The molecule has 1 rings (SSSR count). The molecule has 1 amide bonds. The zero-order chi connectivity index (χ0) is 13.5. The summed E-state index contributed by atoms with van der Waals surface area (Å²) in [5.74, 6) is 0.409. The number of thiocarbonyl (C=S) groups is 1. The molecule has 5 nitrogen and oxygen atoms in total. The normalized spacial score (nSPS) is 9.89. The van der Waals surface area contributed by atoms with Crippen molar-refractivity contribution >= 4 is 39.0 Å². The highest BCUT2D eigenvalue weighted by Crippen LogP contribution is 2.15. The fourth-order valence-corrected chi connectivity index (χ4v) is 1.56. The van der Waals surface area contributed by atoms with Gasteiger partial charge in [0.1, 0.15) is 5.75 Å². The molecule has 98 valence electrons. The number of nitrogens with zero attached hydrogens (tertiary/aromatic N) is 2. The number of rotatable bonds is 6. The van der Waals surface area contributed by atoms with E-state index in [2.05, 4.69) is 20.9 Å². The Morgan fingerprint density at radius 1 is 1.61 bits per heavy atom. The average molecular weight is 332 g/mol. The molecule has 0 atom stereocenters. The maximum absolute atomic E-state index is 11.7. The summed E-state index contributed by atoms with van der Waals surface area (Å²) >= 11 is 8.02. The maximum Gasteiger partial charge on any atom is 0.260 e. The zero-order valence-corrected chi connectivity index (χ0v) is 12.3. The van der Waals surface area contributed by atoms with Gasteiger partial charge in [-0.25, -0.2) is 0 Å². The number of amides is 1. The van der Waals surface area contributed by atoms with E-state index < -0.39 is 0 Å². The number of ether oxygens (including phenoxy) is 1. The van der Waals surface area contributed by atoms with Gasteiger partial charge >= 0.3 is 0 Å². The Kier molecular flexibility index (Phi) is 6.00. The molecule has 0 aliphatic rings. The molecule has 0 aliphatic heterocycles. The van der Waals surface area contributed by atoms with E-state index >= 15 is 0 Å². The minimum Gasteiger partial charge on any atom is -0.482 e. The van der Waals surface area contributed by atoms with E-state index in [1.165, 1.54) is 4.90 Å². The van der Waals surface area contributed by atoms with E-state index in [0.717, 1.165) is 4.47 Å². The third-order valence-electron chi connectivity index (χ3n) is 2.16. The lowest BCUT2D eigenvalue weighted by atomic mass is 10.4. The summed E-state index contributed by atoms with van der Waals surface area (Å²) in [6.07, 6.45) is 3.70. The second-order valence-corrected chi connectivity index (χ2v) is 5.10. The van der Waals surface area contributed by atoms with Crippen LogP contribution in [0.5, 0.6) is 5.75 Å². The second kappa shape index (κ2) is 7.27. The summed E-state index contributed by atoms with van der Waals surface area (Å²) in [4.78, 5) is 17.6. The first kappa shape index (κ1) is 14.8. The number of carbonyl (C=O) groups is 1. The number of hydrogen-bond acceptors (Lipinski definition) is 4. The van der Waals surface area contributed by atoms with Gasteiger partial charge in [0.25, 0.3) is 5.91 Å². The Morgan fingerprint density at radius 3 is 2.94 bits per heavy atom. The van der Waals surface area contributed by atoms with E-state index in [0.29, 0.717) is 23.7 Å². The predicted octanol–water partition coefficient (Wildman–Crippen LogP) is 1.36. The SMILES string of the molecule is CN(CCC(N)=S)C(=O)COc1cncc(Br)c1. The molecule has 0 spiro atoms. The molecule has 1 aromatic rings.